The molecular weight excluding hydrogens is 286 g/mol. The second-order valence-corrected chi connectivity index (χ2v) is 4.93. The Hall–Kier alpha value is -2.12. The van der Waals surface area contributed by atoms with Crippen LogP contribution in [0.3, 0.4) is 0 Å². The molecular formula is C15H21N3O4. The first kappa shape index (κ1) is 16.3. The number of carbonyl (C=O) groups excluding carboxylic acids is 1. The smallest absolute Gasteiger partial charge is 0.241 e. The number of hydrazone groups is 1. The summed E-state index contributed by atoms with van der Waals surface area (Å²) in [5, 5.41) is 13.4. The average Bonchev–Trinajstić information content (AvgIpc) is 2.55. The normalized spacial score (nSPS) is 15.9. The van der Waals surface area contributed by atoms with Crippen molar-refractivity contribution in [2.24, 2.45) is 5.10 Å². The van der Waals surface area contributed by atoms with Gasteiger partial charge in [-0.05, 0) is 23.8 Å². The van der Waals surface area contributed by atoms with Crippen molar-refractivity contribution in [3.63, 3.8) is 0 Å². The highest BCUT2D eigenvalue weighted by atomic mass is 16.5. The molecule has 1 aliphatic heterocycles. The molecule has 0 unspecified atom stereocenters. The number of aromatic hydroxyl groups is 1. The van der Waals surface area contributed by atoms with Crippen LogP contribution in [0.15, 0.2) is 23.3 Å². The molecule has 7 nitrogen and oxygen atoms in total. The van der Waals surface area contributed by atoms with Gasteiger partial charge in [0.25, 0.3) is 0 Å². The standard InChI is InChI=1S/C15H21N3O4/c1-21-14-10-12(2-3-13(14)19)11-16-17-15(20)4-5-18-6-8-22-9-7-18/h2-3,10-11,19H,4-9H2,1H3,(H,17,20). The van der Waals surface area contributed by atoms with Crippen LogP contribution < -0.4 is 10.2 Å². The van der Waals surface area contributed by atoms with Crippen LogP contribution in [0.1, 0.15) is 12.0 Å². The molecule has 0 radical (unpaired) electrons. The van der Waals surface area contributed by atoms with E-state index in [0.717, 1.165) is 31.9 Å². The van der Waals surface area contributed by atoms with E-state index in [1.807, 2.05) is 0 Å². The molecule has 1 heterocycles. The van der Waals surface area contributed by atoms with Crippen LogP contribution in [-0.4, -0.2) is 62.1 Å². The summed E-state index contributed by atoms with van der Waals surface area (Å²) in [5.41, 5.74) is 3.22. The molecule has 1 aliphatic rings. The molecule has 0 atom stereocenters. The molecule has 0 bridgehead atoms. The highest BCUT2D eigenvalue weighted by Crippen LogP contribution is 2.25. The largest absolute Gasteiger partial charge is 0.504 e. The Balaban J connectivity index is 1.75. The van der Waals surface area contributed by atoms with Gasteiger partial charge in [0, 0.05) is 26.1 Å². The third-order valence-electron chi connectivity index (χ3n) is 3.37. The van der Waals surface area contributed by atoms with Gasteiger partial charge in [-0.2, -0.15) is 5.10 Å². The van der Waals surface area contributed by atoms with Gasteiger partial charge in [0.15, 0.2) is 11.5 Å². The molecule has 0 saturated carbocycles. The Morgan fingerprint density at radius 2 is 2.27 bits per heavy atom. The number of nitrogens with zero attached hydrogens (tertiary/aromatic N) is 2. The predicted molar refractivity (Wildman–Crippen MR) is 82.3 cm³/mol. The first-order chi connectivity index (χ1) is 10.7. The van der Waals surface area contributed by atoms with Gasteiger partial charge in [-0.3, -0.25) is 9.69 Å². The zero-order valence-corrected chi connectivity index (χ0v) is 12.6. The first-order valence-corrected chi connectivity index (χ1v) is 7.18. The summed E-state index contributed by atoms with van der Waals surface area (Å²) < 4.78 is 10.3. The van der Waals surface area contributed by atoms with E-state index < -0.39 is 0 Å². The Morgan fingerprint density at radius 3 is 3.00 bits per heavy atom. The highest BCUT2D eigenvalue weighted by molar-refractivity contribution is 5.83. The predicted octanol–water partition coefficient (Wildman–Crippen LogP) is 0.573. The molecule has 0 aromatic heterocycles. The Labute approximate surface area is 129 Å². The van der Waals surface area contributed by atoms with Crippen molar-refractivity contribution >= 4 is 12.1 Å². The summed E-state index contributed by atoms with van der Waals surface area (Å²) in [6.07, 6.45) is 1.91. The number of phenols is 1. The second kappa shape index (κ2) is 8.35. The molecule has 1 fully saturated rings. The van der Waals surface area contributed by atoms with Crippen LogP contribution in [0.4, 0.5) is 0 Å². The van der Waals surface area contributed by atoms with E-state index in [2.05, 4.69) is 15.4 Å². The fraction of sp³-hybridized carbons (Fsp3) is 0.467. The fourth-order valence-corrected chi connectivity index (χ4v) is 2.09. The number of hydrogen-bond donors (Lipinski definition) is 2. The van der Waals surface area contributed by atoms with Gasteiger partial charge in [0.1, 0.15) is 0 Å². The number of hydrogen-bond acceptors (Lipinski definition) is 6. The summed E-state index contributed by atoms with van der Waals surface area (Å²) >= 11 is 0. The molecule has 2 rings (SSSR count). The summed E-state index contributed by atoms with van der Waals surface area (Å²) in [5.74, 6) is 0.297. The summed E-state index contributed by atoms with van der Waals surface area (Å²) in [6.45, 7) is 3.89. The van der Waals surface area contributed by atoms with Crippen molar-refractivity contribution in [1.82, 2.24) is 10.3 Å². The maximum atomic E-state index is 11.7. The van der Waals surface area contributed by atoms with Gasteiger partial charge in [0.2, 0.25) is 5.91 Å². The van der Waals surface area contributed by atoms with Crippen molar-refractivity contribution in [3.05, 3.63) is 23.8 Å². The average molecular weight is 307 g/mol. The zero-order valence-electron chi connectivity index (χ0n) is 12.6. The van der Waals surface area contributed by atoms with Crippen LogP contribution in [0.25, 0.3) is 0 Å². The van der Waals surface area contributed by atoms with Gasteiger partial charge >= 0.3 is 0 Å². The third kappa shape index (κ3) is 5.01. The molecule has 2 N–H and O–H groups in total. The zero-order chi connectivity index (χ0) is 15.8. The fourth-order valence-electron chi connectivity index (χ4n) is 2.09. The van der Waals surface area contributed by atoms with E-state index in [-0.39, 0.29) is 11.7 Å². The lowest BCUT2D eigenvalue weighted by molar-refractivity contribution is -0.121. The number of methoxy groups -OCH3 is 1. The molecule has 1 saturated heterocycles. The molecule has 0 spiro atoms. The number of ether oxygens (including phenoxy) is 2. The Bertz CT molecular complexity index is 528. The van der Waals surface area contributed by atoms with E-state index in [9.17, 15) is 9.90 Å². The van der Waals surface area contributed by atoms with Crippen LogP contribution in [-0.2, 0) is 9.53 Å². The molecule has 1 aromatic rings. The first-order valence-electron chi connectivity index (χ1n) is 7.18. The molecule has 120 valence electrons. The van der Waals surface area contributed by atoms with E-state index in [1.54, 1.807) is 12.1 Å². The van der Waals surface area contributed by atoms with E-state index in [4.69, 9.17) is 9.47 Å². The number of nitrogens with one attached hydrogen (secondary N) is 1. The van der Waals surface area contributed by atoms with Gasteiger partial charge in [-0.1, -0.05) is 0 Å². The topological polar surface area (TPSA) is 83.4 Å². The number of carbonyl (C=O) groups is 1. The van der Waals surface area contributed by atoms with E-state index in [1.165, 1.54) is 19.4 Å². The molecule has 7 heteroatoms. The minimum atomic E-state index is -0.131. The minimum absolute atomic E-state index is 0.0641. The minimum Gasteiger partial charge on any atom is -0.504 e. The second-order valence-electron chi connectivity index (χ2n) is 4.93. The SMILES string of the molecule is COc1cc(C=NNC(=O)CCN2CCOCC2)ccc1O. The summed E-state index contributed by atoms with van der Waals surface area (Å²) in [6, 6.07) is 4.83. The highest BCUT2D eigenvalue weighted by Gasteiger charge is 2.11. The van der Waals surface area contributed by atoms with Gasteiger partial charge in [-0.25, -0.2) is 5.43 Å². The maximum Gasteiger partial charge on any atom is 0.241 e. The summed E-state index contributed by atoms with van der Waals surface area (Å²) in [7, 11) is 1.48. The summed E-state index contributed by atoms with van der Waals surface area (Å²) in [4.78, 5) is 13.9. The van der Waals surface area contributed by atoms with Gasteiger partial charge in [0.05, 0.1) is 26.5 Å². The number of amides is 1. The lowest BCUT2D eigenvalue weighted by Gasteiger charge is -2.25. The number of morpholine rings is 1. The van der Waals surface area contributed by atoms with Crippen LogP contribution in [0, 0.1) is 0 Å². The van der Waals surface area contributed by atoms with Crippen molar-refractivity contribution in [2.75, 3.05) is 40.0 Å². The molecule has 1 amide bonds. The van der Waals surface area contributed by atoms with Gasteiger partial charge in [-0.15, -0.1) is 0 Å². The van der Waals surface area contributed by atoms with Crippen LogP contribution in [0.5, 0.6) is 11.5 Å². The van der Waals surface area contributed by atoms with E-state index in [0.29, 0.717) is 18.7 Å². The molecule has 1 aromatic carbocycles. The van der Waals surface area contributed by atoms with Gasteiger partial charge < -0.3 is 14.6 Å². The van der Waals surface area contributed by atoms with Crippen molar-refractivity contribution in [1.29, 1.82) is 0 Å². The quantitative estimate of drug-likeness (QED) is 0.593. The lowest BCUT2D eigenvalue weighted by Crippen LogP contribution is -2.38. The third-order valence-corrected chi connectivity index (χ3v) is 3.37. The van der Waals surface area contributed by atoms with Crippen molar-refractivity contribution < 1.29 is 19.4 Å². The number of rotatable bonds is 6. The van der Waals surface area contributed by atoms with Crippen LogP contribution in [0.2, 0.25) is 0 Å². The number of benzene rings is 1. The van der Waals surface area contributed by atoms with Crippen molar-refractivity contribution in [3.8, 4) is 11.5 Å². The Kier molecular flexibility index (Phi) is 6.17. The molecule has 22 heavy (non-hydrogen) atoms. The Morgan fingerprint density at radius 1 is 1.50 bits per heavy atom. The number of phenolic OH excluding ortho intramolecular Hbond substituents is 1. The maximum absolute atomic E-state index is 11.7. The van der Waals surface area contributed by atoms with Crippen molar-refractivity contribution in [2.45, 2.75) is 6.42 Å². The monoisotopic (exact) mass is 307 g/mol. The molecule has 0 aliphatic carbocycles. The van der Waals surface area contributed by atoms with E-state index >= 15 is 0 Å². The van der Waals surface area contributed by atoms with Crippen LogP contribution >= 0.6 is 0 Å². The lowest BCUT2D eigenvalue weighted by atomic mass is 10.2.